The standard InChI is InChI=1S/C63H48BF2N3/c1-61-36-12-13-37-62(61,2)69(53-35-26-42(38-52(53)61)41-16-6-3-7-17-41)49-39-56-60-57(40-49)68(48-33-29-46(66)30-34-48)55-25-15-23-51-59(55)64(60)58-50(22-14-24-54(58)67(56)47-31-27-45(65)28-32-47)63(51,43-18-8-4-9-19-43)44-20-10-5-11-21-44/h3-11,14-35,38-40H,12-13,36-37H2,1-2H3. The van der Waals surface area contributed by atoms with Gasteiger partial charge in [0.1, 0.15) is 11.6 Å². The molecule has 332 valence electrons. The summed E-state index contributed by atoms with van der Waals surface area (Å²) in [5.74, 6) is -0.554. The van der Waals surface area contributed by atoms with Gasteiger partial charge in [0.15, 0.2) is 0 Å². The maximum Gasteiger partial charge on any atom is 0.253 e. The van der Waals surface area contributed by atoms with Gasteiger partial charge in [-0.15, -0.1) is 0 Å². The molecule has 0 saturated heterocycles. The van der Waals surface area contributed by atoms with E-state index in [9.17, 15) is 0 Å². The number of nitrogens with zero attached hydrogens (tertiary/aromatic N) is 3. The summed E-state index contributed by atoms with van der Waals surface area (Å²) < 4.78 is 30.3. The lowest BCUT2D eigenvalue weighted by molar-refractivity contribution is 0.195. The van der Waals surface area contributed by atoms with E-state index in [1.54, 1.807) is 24.3 Å². The molecular formula is C63H48BF2N3. The highest BCUT2D eigenvalue weighted by Gasteiger charge is 2.59. The number of hydrogen-bond donors (Lipinski definition) is 0. The second kappa shape index (κ2) is 14.7. The van der Waals surface area contributed by atoms with Gasteiger partial charge >= 0.3 is 0 Å². The van der Waals surface area contributed by atoms with Crippen molar-refractivity contribution in [3.8, 4) is 11.1 Å². The van der Waals surface area contributed by atoms with E-state index in [1.165, 1.54) is 67.4 Å². The Hall–Kier alpha value is -7.70. The van der Waals surface area contributed by atoms with E-state index in [2.05, 4.69) is 186 Å². The predicted octanol–water partition coefficient (Wildman–Crippen LogP) is 14.2. The molecular weight excluding hydrogens is 848 g/mol. The molecule has 1 saturated carbocycles. The van der Waals surface area contributed by atoms with Gasteiger partial charge < -0.3 is 14.7 Å². The third-order valence-corrected chi connectivity index (χ3v) is 17.0. The van der Waals surface area contributed by atoms with Crippen LogP contribution in [-0.2, 0) is 10.8 Å². The number of benzene rings is 9. The van der Waals surface area contributed by atoms with Crippen LogP contribution in [0, 0.1) is 11.6 Å². The van der Waals surface area contributed by atoms with Gasteiger partial charge in [-0.1, -0.05) is 141 Å². The Kier molecular flexibility index (Phi) is 8.58. The highest BCUT2D eigenvalue weighted by atomic mass is 19.1. The Labute approximate surface area is 403 Å². The van der Waals surface area contributed by atoms with Gasteiger partial charge in [0.05, 0.1) is 11.0 Å². The molecule has 2 atom stereocenters. The van der Waals surface area contributed by atoms with E-state index in [1.807, 2.05) is 24.3 Å². The lowest BCUT2D eigenvalue weighted by atomic mass is 9.28. The lowest BCUT2D eigenvalue weighted by Crippen LogP contribution is -2.68. The van der Waals surface area contributed by atoms with E-state index in [0.29, 0.717) is 0 Å². The summed E-state index contributed by atoms with van der Waals surface area (Å²) in [7, 11) is 0. The van der Waals surface area contributed by atoms with Gasteiger partial charge in [-0.2, -0.15) is 0 Å². The van der Waals surface area contributed by atoms with Crippen molar-refractivity contribution in [2.45, 2.75) is 55.9 Å². The minimum absolute atomic E-state index is 0.129. The van der Waals surface area contributed by atoms with Crippen molar-refractivity contribution in [2.24, 2.45) is 0 Å². The van der Waals surface area contributed by atoms with Crippen molar-refractivity contribution in [1.82, 2.24) is 0 Å². The van der Waals surface area contributed by atoms with E-state index in [0.717, 1.165) is 59.1 Å². The first-order chi connectivity index (χ1) is 33.8. The van der Waals surface area contributed by atoms with Crippen LogP contribution in [-0.4, -0.2) is 12.3 Å². The summed E-state index contributed by atoms with van der Waals surface area (Å²) in [6.45, 7) is 4.85. The third kappa shape index (κ3) is 5.37. The predicted molar refractivity (Wildman–Crippen MR) is 280 cm³/mol. The molecule has 4 heterocycles. The van der Waals surface area contributed by atoms with Crippen molar-refractivity contribution in [1.29, 1.82) is 0 Å². The normalized spacial score (nSPS) is 19.8. The fourth-order valence-corrected chi connectivity index (χ4v) is 13.8. The van der Waals surface area contributed by atoms with Crippen molar-refractivity contribution in [3.05, 3.63) is 246 Å². The molecule has 0 N–H and O–H groups in total. The molecule has 69 heavy (non-hydrogen) atoms. The Bertz CT molecular complexity index is 3360. The fraction of sp³-hybridized carbons (Fsp3) is 0.143. The Morgan fingerprint density at radius 1 is 0.406 bits per heavy atom. The SMILES string of the molecule is CC12CCCCC1(C)N(c1cc3c4c(c1)N(c1ccc(F)cc1)c1cccc5c1B4c1c(cccc1C5(c1ccccc1)c1ccccc1)N3c1ccc(F)cc1)c1ccc(-c3ccccc3)cc12. The van der Waals surface area contributed by atoms with Crippen LogP contribution in [0.4, 0.5) is 54.3 Å². The van der Waals surface area contributed by atoms with Gasteiger partial charge in [0.25, 0.3) is 6.71 Å². The van der Waals surface area contributed by atoms with Crippen molar-refractivity contribution in [3.63, 3.8) is 0 Å². The molecule has 0 amide bonds. The van der Waals surface area contributed by atoms with Crippen LogP contribution in [0.25, 0.3) is 11.1 Å². The van der Waals surface area contributed by atoms with Gasteiger partial charge in [-0.25, -0.2) is 8.78 Å². The molecule has 1 aliphatic carbocycles. The summed E-state index contributed by atoms with van der Waals surface area (Å²) in [6, 6.07) is 72.3. The zero-order valence-corrected chi connectivity index (χ0v) is 38.6. The molecule has 2 unspecified atom stereocenters. The van der Waals surface area contributed by atoms with Crippen LogP contribution in [0.15, 0.2) is 206 Å². The largest absolute Gasteiger partial charge is 0.334 e. The molecule has 14 rings (SSSR count). The van der Waals surface area contributed by atoms with Crippen LogP contribution in [0.2, 0.25) is 0 Å². The monoisotopic (exact) mass is 895 g/mol. The molecule has 4 aliphatic heterocycles. The molecule has 0 radical (unpaired) electrons. The quantitative estimate of drug-likeness (QED) is 0.154. The van der Waals surface area contributed by atoms with Gasteiger partial charge in [-0.05, 0) is 160 Å². The van der Waals surface area contributed by atoms with Crippen LogP contribution in [0.1, 0.15) is 67.3 Å². The van der Waals surface area contributed by atoms with Gasteiger partial charge in [0, 0.05) is 50.9 Å². The van der Waals surface area contributed by atoms with Gasteiger partial charge in [0.2, 0.25) is 0 Å². The first-order valence-corrected chi connectivity index (χ1v) is 24.5. The minimum atomic E-state index is -0.703. The summed E-state index contributed by atoms with van der Waals surface area (Å²) in [5, 5.41) is 0. The first kappa shape index (κ1) is 40.4. The maximum absolute atomic E-state index is 15.1. The van der Waals surface area contributed by atoms with Crippen LogP contribution in [0.3, 0.4) is 0 Å². The summed E-state index contributed by atoms with van der Waals surface area (Å²) >= 11 is 0. The average molecular weight is 896 g/mol. The molecule has 1 fully saturated rings. The number of rotatable bonds is 6. The van der Waals surface area contributed by atoms with E-state index < -0.39 is 5.41 Å². The van der Waals surface area contributed by atoms with E-state index in [4.69, 9.17) is 0 Å². The first-order valence-electron chi connectivity index (χ1n) is 24.5. The summed E-state index contributed by atoms with van der Waals surface area (Å²) in [6.07, 6.45) is 4.44. The van der Waals surface area contributed by atoms with Crippen molar-refractivity contribution in [2.75, 3.05) is 14.7 Å². The Morgan fingerprint density at radius 2 is 0.913 bits per heavy atom. The average Bonchev–Trinajstić information content (AvgIpc) is 3.60. The minimum Gasteiger partial charge on any atom is -0.334 e. The summed E-state index contributed by atoms with van der Waals surface area (Å²) in [4.78, 5) is 7.47. The topological polar surface area (TPSA) is 9.72 Å². The number of fused-ring (bicyclic) bond motifs is 3. The van der Waals surface area contributed by atoms with Crippen molar-refractivity contribution >= 4 is 68.6 Å². The highest BCUT2D eigenvalue weighted by molar-refractivity contribution is 7.01. The zero-order valence-electron chi connectivity index (χ0n) is 38.6. The molecule has 5 aliphatic rings. The number of hydrogen-bond acceptors (Lipinski definition) is 3. The fourth-order valence-electron chi connectivity index (χ4n) is 13.8. The van der Waals surface area contributed by atoms with E-state index >= 15 is 8.78 Å². The van der Waals surface area contributed by atoms with Crippen molar-refractivity contribution < 1.29 is 8.78 Å². The molecule has 6 heteroatoms. The van der Waals surface area contributed by atoms with E-state index in [-0.39, 0.29) is 29.3 Å². The second-order valence-electron chi connectivity index (χ2n) is 20.2. The van der Waals surface area contributed by atoms with Crippen LogP contribution < -0.4 is 31.1 Å². The Morgan fingerprint density at radius 3 is 1.45 bits per heavy atom. The highest BCUT2D eigenvalue weighted by Crippen LogP contribution is 2.63. The molecule has 0 aromatic heterocycles. The molecule has 3 nitrogen and oxygen atoms in total. The summed E-state index contributed by atoms with van der Waals surface area (Å²) in [5.41, 5.74) is 19.6. The number of halogens is 2. The molecule has 9 aromatic rings. The molecule has 0 spiro atoms. The third-order valence-electron chi connectivity index (χ3n) is 17.0. The van der Waals surface area contributed by atoms with Crippen LogP contribution >= 0.6 is 0 Å². The number of anilines is 8. The Balaban J connectivity index is 1.11. The van der Waals surface area contributed by atoms with Crippen LogP contribution in [0.5, 0.6) is 0 Å². The zero-order chi connectivity index (χ0) is 46.2. The van der Waals surface area contributed by atoms with Gasteiger partial charge in [-0.3, -0.25) is 0 Å². The molecule has 9 aromatic carbocycles. The second-order valence-corrected chi connectivity index (χ2v) is 20.2. The smallest absolute Gasteiger partial charge is 0.253 e. The lowest BCUT2D eigenvalue weighted by Gasteiger charge is -2.53. The maximum atomic E-state index is 15.1. The molecule has 0 bridgehead atoms.